The minimum absolute atomic E-state index is 0.0967. The first-order chi connectivity index (χ1) is 7.34. The van der Waals surface area contributed by atoms with E-state index in [0.29, 0.717) is 0 Å². The Labute approximate surface area is 98.2 Å². The molecule has 0 amide bonds. The van der Waals surface area contributed by atoms with E-state index in [2.05, 4.69) is 4.72 Å². The summed E-state index contributed by atoms with van der Waals surface area (Å²) in [4.78, 5) is 10.8. The molecule has 7 heteroatoms. The average Bonchev–Trinajstić information content (AvgIpc) is 2.66. The highest BCUT2D eigenvalue weighted by atomic mass is 32.2. The van der Waals surface area contributed by atoms with Gasteiger partial charge in [0.25, 0.3) is 10.0 Å². The summed E-state index contributed by atoms with van der Waals surface area (Å²) in [6.45, 7) is 3.22. The van der Waals surface area contributed by atoms with Gasteiger partial charge in [0.2, 0.25) is 0 Å². The molecular weight excluding hydrogens is 250 g/mol. The minimum Gasteiger partial charge on any atom is -0.548 e. The summed E-state index contributed by atoms with van der Waals surface area (Å²) in [6.07, 6.45) is 0. The maximum Gasteiger partial charge on any atom is 0.250 e. The van der Waals surface area contributed by atoms with Crippen LogP contribution in [0.2, 0.25) is 0 Å². The lowest BCUT2D eigenvalue weighted by Crippen LogP contribution is -2.50. The first-order valence-electron chi connectivity index (χ1n) is 4.61. The number of rotatable bonds is 5. The lowest BCUT2D eigenvalue weighted by molar-refractivity contribution is -0.309. The largest absolute Gasteiger partial charge is 0.548 e. The molecule has 0 aromatic carbocycles. The molecule has 0 radical (unpaired) electrons. The molecular formula is C9H12NO4S2-. The molecule has 0 bridgehead atoms. The maximum atomic E-state index is 11.7. The number of thiophene rings is 1. The van der Waals surface area contributed by atoms with Crippen molar-refractivity contribution in [3.8, 4) is 0 Å². The number of sulfonamides is 1. The molecule has 1 unspecified atom stereocenters. The van der Waals surface area contributed by atoms with Crippen LogP contribution in [0.3, 0.4) is 0 Å². The van der Waals surface area contributed by atoms with Gasteiger partial charge < -0.3 is 9.90 Å². The van der Waals surface area contributed by atoms with Crippen molar-refractivity contribution in [1.29, 1.82) is 0 Å². The zero-order valence-corrected chi connectivity index (χ0v) is 10.5. The van der Waals surface area contributed by atoms with E-state index in [0.717, 1.165) is 11.3 Å². The van der Waals surface area contributed by atoms with Gasteiger partial charge in [0.15, 0.2) is 0 Å². The highest BCUT2D eigenvalue weighted by molar-refractivity contribution is 7.91. The van der Waals surface area contributed by atoms with Crippen LogP contribution in [0.1, 0.15) is 13.8 Å². The normalized spacial score (nSPS) is 13.9. The van der Waals surface area contributed by atoms with E-state index in [1.54, 1.807) is 25.3 Å². The number of carbonyl (C=O) groups excluding carboxylic acids is 1. The van der Waals surface area contributed by atoms with Gasteiger partial charge in [-0.1, -0.05) is 19.9 Å². The standard InChI is InChI=1S/C9H13NO4S2/c1-6(2)8(9(11)12)10-16(13,14)7-4-3-5-15-7/h3-6,8,10H,1-2H3,(H,11,12)/p-1. The SMILES string of the molecule is CC(C)C(NS(=O)(=O)c1cccs1)C(=O)[O-]. The van der Waals surface area contributed by atoms with E-state index in [4.69, 9.17) is 0 Å². The average molecular weight is 262 g/mol. The molecule has 0 aliphatic rings. The predicted molar refractivity (Wildman–Crippen MR) is 58.3 cm³/mol. The van der Waals surface area contributed by atoms with Crippen LogP contribution in [0, 0.1) is 5.92 Å². The van der Waals surface area contributed by atoms with E-state index < -0.39 is 22.0 Å². The Kier molecular flexibility index (Phi) is 4.06. The number of hydrogen-bond acceptors (Lipinski definition) is 5. The molecule has 1 rings (SSSR count). The Morgan fingerprint density at radius 1 is 1.50 bits per heavy atom. The summed E-state index contributed by atoms with van der Waals surface area (Å²) >= 11 is 1.03. The Hall–Kier alpha value is -0.920. The molecule has 16 heavy (non-hydrogen) atoms. The van der Waals surface area contributed by atoms with Gasteiger partial charge in [-0.2, -0.15) is 0 Å². The Balaban J connectivity index is 2.92. The number of aliphatic carboxylic acids is 1. The van der Waals surface area contributed by atoms with Crippen LogP contribution in [-0.4, -0.2) is 20.4 Å². The molecule has 1 heterocycles. The summed E-state index contributed by atoms with van der Waals surface area (Å²) in [5.41, 5.74) is 0. The van der Waals surface area contributed by atoms with Crippen LogP contribution < -0.4 is 9.83 Å². The number of carboxylic acids is 1. The van der Waals surface area contributed by atoms with Crippen LogP contribution in [0.25, 0.3) is 0 Å². The third kappa shape index (κ3) is 3.03. The molecule has 0 aliphatic carbocycles. The Morgan fingerprint density at radius 2 is 2.12 bits per heavy atom. The smallest absolute Gasteiger partial charge is 0.250 e. The topological polar surface area (TPSA) is 86.3 Å². The van der Waals surface area contributed by atoms with Crippen LogP contribution in [0.5, 0.6) is 0 Å². The summed E-state index contributed by atoms with van der Waals surface area (Å²) < 4.78 is 25.7. The molecule has 1 aromatic rings. The van der Waals surface area contributed by atoms with Crippen molar-refractivity contribution >= 4 is 27.3 Å². The number of nitrogens with one attached hydrogen (secondary N) is 1. The first kappa shape index (κ1) is 13.1. The molecule has 0 saturated heterocycles. The highest BCUT2D eigenvalue weighted by Crippen LogP contribution is 2.16. The second kappa shape index (κ2) is 4.94. The quantitative estimate of drug-likeness (QED) is 0.796. The number of hydrogen-bond donors (Lipinski definition) is 1. The summed E-state index contributed by atoms with van der Waals surface area (Å²) in [7, 11) is -3.76. The lowest BCUT2D eigenvalue weighted by Gasteiger charge is -2.22. The van der Waals surface area contributed by atoms with Gasteiger partial charge in [0.1, 0.15) is 4.21 Å². The van der Waals surface area contributed by atoms with Crippen molar-refractivity contribution in [1.82, 2.24) is 4.72 Å². The van der Waals surface area contributed by atoms with Crippen molar-refractivity contribution in [2.24, 2.45) is 5.92 Å². The van der Waals surface area contributed by atoms with Crippen LogP contribution in [0.15, 0.2) is 21.7 Å². The molecule has 90 valence electrons. The summed E-state index contributed by atoms with van der Waals surface area (Å²) in [6, 6.07) is 1.79. The van der Waals surface area contributed by atoms with Gasteiger partial charge in [-0.05, 0) is 17.4 Å². The van der Waals surface area contributed by atoms with Gasteiger partial charge in [-0.3, -0.25) is 0 Å². The number of carbonyl (C=O) groups is 1. The fraction of sp³-hybridized carbons (Fsp3) is 0.444. The third-order valence-electron chi connectivity index (χ3n) is 1.96. The first-order valence-corrected chi connectivity index (χ1v) is 6.97. The monoisotopic (exact) mass is 262 g/mol. The van der Waals surface area contributed by atoms with E-state index in [9.17, 15) is 18.3 Å². The molecule has 0 fully saturated rings. The van der Waals surface area contributed by atoms with E-state index in [-0.39, 0.29) is 10.1 Å². The van der Waals surface area contributed by atoms with Gasteiger partial charge in [-0.25, -0.2) is 13.1 Å². The van der Waals surface area contributed by atoms with Crippen LogP contribution >= 0.6 is 11.3 Å². The molecule has 1 atom stereocenters. The Morgan fingerprint density at radius 3 is 2.50 bits per heavy atom. The molecule has 0 spiro atoms. The molecule has 1 aromatic heterocycles. The summed E-state index contributed by atoms with van der Waals surface area (Å²) in [5, 5.41) is 12.4. The second-order valence-electron chi connectivity index (χ2n) is 3.59. The highest BCUT2D eigenvalue weighted by Gasteiger charge is 2.23. The van der Waals surface area contributed by atoms with E-state index in [1.165, 1.54) is 6.07 Å². The third-order valence-corrected chi connectivity index (χ3v) is 4.80. The number of carboxylic acid groups (broad SMARTS) is 1. The van der Waals surface area contributed by atoms with Gasteiger partial charge in [0.05, 0.1) is 12.0 Å². The zero-order chi connectivity index (χ0) is 12.3. The second-order valence-corrected chi connectivity index (χ2v) is 6.48. The van der Waals surface area contributed by atoms with Gasteiger partial charge >= 0.3 is 0 Å². The van der Waals surface area contributed by atoms with Crippen molar-refractivity contribution < 1.29 is 18.3 Å². The van der Waals surface area contributed by atoms with Crippen molar-refractivity contribution in [3.63, 3.8) is 0 Å². The zero-order valence-electron chi connectivity index (χ0n) is 8.84. The molecule has 0 saturated carbocycles. The molecule has 1 N–H and O–H groups in total. The van der Waals surface area contributed by atoms with Gasteiger partial charge in [-0.15, -0.1) is 11.3 Å². The van der Waals surface area contributed by atoms with Crippen LogP contribution in [-0.2, 0) is 14.8 Å². The van der Waals surface area contributed by atoms with Crippen molar-refractivity contribution in [2.75, 3.05) is 0 Å². The van der Waals surface area contributed by atoms with E-state index in [1.807, 2.05) is 0 Å². The lowest BCUT2D eigenvalue weighted by atomic mass is 10.1. The van der Waals surface area contributed by atoms with Gasteiger partial charge in [0, 0.05) is 0 Å². The fourth-order valence-electron chi connectivity index (χ4n) is 1.10. The Bertz CT molecular complexity index is 450. The van der Waals surface area contributed by atoms with Crippen molar-refractivity contribution in [2.45, 2.75) is 24.1 Å². The fourth-order valence-corrected chi connectivity index (χ4v) is 3.44. The van der Waals surface area contributed by atoms with Crippen molar-refractivity contribution in [3.05, 3.63) is 17.5 Å². The van der Waals surface area contributed by atoms with Crippen LogP contribution in [0.4, 0.5) is 0 Å². The summed E-state index contributed by atoms with van der Waals surface area (Å²) in [5.74, 6) is -1.80. The predicted octanol–water partition coefficient (Wildman–Crippen LogP) is -0.199. The van der Waals surface area contributed by atoms with E-state index >= 15 is 0 Å². The molecule has 0 aliphatic heterocycles. The maximum absolute atomic E-state index is 11.7. The minimum atomic E-state index is -3.76. The molecule has 5 nitrogen and oxygen atoms in total.